The summed E-state index contributed by atoms with van der Waals surface area (Å²) in [7, 11) is 1.83. The van der Waals surface area contributed by atoms with Crippen LogP contribution in [0.3, 0.4) is 0 Å². The van der Waals surface area contributed by atoms with E-state index in [1.165, 1.54) is 57.7 Å². The van der Waals surface area contributed by atoms with E-state index in [1.54, 1.807) is 0 Å². The highest BCUT2D eigenvalue weighted by Gasteiger charge is 2.29. The molecule has 4 heteroatoms. The number of likely N-dealkylation sites (tertiary alicyclic amines) is 1. The van der Waals surface area contributed by atoms with Crippen molar-refractivity contribution in [3.63, 3.8) is 0 Å². The zero-order chi connectivity index (χ0) is 17.1. The molecule has 0 radical (unpaired) electrons. The van der Waals surface area contributed by atoms with Crippen molar-refractivity contribution in [2.24, 2.45) is 5.92 Å². The predicted molar refractivity (Wildman–Crippen MR) is 96.6 cm³/mol. The van der Waals surface area contributed by atoms with Gasteiger partial charge in [-0.25, -0.2) is 4.39 Å². The van der Waals surface area contributed by atoms with Crippen LogP contribution in [0, 0.1) is 18.7 Å². The first-order chi connectivity index (χ1) is 11.6. The van der Waals surface area contributed by atoms with E-state index in [0.717, 1.165) is 23.6 Å². The molecule has 1 heterocycles. The number of nitrogens with two attached hydrogens (primary N) is 1. The van der Waals surface area contributed by atoms with E-state index in [9.17, 15) is 4.39 Å². The number of piperidine rings is 1. The number of nitrogens with zero attached hydrogens (tertiary/aromatic N) is 1. The number of anilines is 1. The Morgan fingerprint density at radius 1 is 1.12 bits per heavy atom. The third kappa shape index (κ3) is 4.09. The largest absolute Gasteiger partial charge is 0.396 e. The van der Waals surface area contributed by atoms with E-state index in [-0.39, 0.29) is 5.82 Å². The van der Waals surface area contributed by atoms with Crippen molar-refractivity contribution in [2.45, 2.75) is 64.0 Å². The Bertz CT molecular complexity index is 547. The molecule has 0 unspecified atom stereocenters. The molecule has 24 heavy (non-hydrogen) atoms. The molecule has 0 atom stereocenters. The van der Waals surface area contributed by atoms with Crippen molar-refractivity contribution in [1.29, 1.82) is 0 Å². The molecule has 0 bridgehead atoms. The van der Waals surface area contributed by atoms with E-state index < -0.39 is 0 Å². The molecule has 2 fully saturated rings. The summed E-state index contributed by atoms with van der Waals surface area (Å²) in [5.74, 6) is 0.359. The fourth-order valence-corrected chi connectivity index (χ4v) is 4.47. The molecular formula is C20H31FN2O. The average Bonchev–Trinajstić information content (AvgIpc) is 2.60. The highest BCUT2D eigenvalue weighted by molar-refractivity contribution is 5.50. The Kier molecular flexibility index (Phi) is 5.77. The summed E-state index contributed by atoms with van der Waals surface area (Å²) in [6.07, 6.45) is 8.68. The molecule has 2 aliphatic rings. The molecule has 1 aliphatic carbocycles. The van der Waals surface area contributed by atoms with E-state index >= 15 is 0 Å². The minimum atomic E-state index is -0.266. The summed E-state index contributed by atoms with van der Waals surface area (Å²) in [6, 6.07) is 4.31. The van der Waals surface area contributed by atoms with Crippen molar-refractivity contribution in [3.8, 4) is 0 Å². The number of hydrogen-bond acceptors (Lipinski definition) is 3. The van der Waals surface area contributed by atoms with Crippen LogP contribution in [-0.4, -0.2) is 37.2 Å². The molecule has 2 N–H and O–H groups in total. The fourth-order valence-electron chi connectivity index (χ4n) is 4.47. The number of halogens is 1. The van der Waals surface area contributed by atoms with Crippen molar-refractivity contribution in [2.75, 3.05) is 25.9 Å². The second kappa shape index (κ2) is 7.83. The Labute approximate surface area is 145 Å². The molecule has 3 nitrogen and oxygen atoms in total. The Balaban J connectivity index is 1.51. The van der Waals surface area contributed by atoms with Gasteiger partial charge in [-0.2, -0.15) is 0 Å². The molecule has 1 saturated heterocycles. The maximum atomic E-state index is 13.8. The number of benzene rings is 1. The number of aryl methyl sites for hydroxylation is 1. The van der Waals surface area contributed by atoms with Crippen molar-refractivity contribution in [3.05, 3.63) is 29.1 Å². The van der Waals surface area contributed by atoms with Crippen LogP contribution in [0.15, 0.2) is 12.1 Å². The van der Waals surface area contributed by atoms with Gasteiger partial charge in [0, 0.05) is 13.2 Å². The monoisotopic (exact) mass is 334 g/mol. The summed E-state index contributed by atoms with van der Waals surface area (Å²) in [5, 5.41) is 0. The predicted octanol–water partition coefficient (Wildman–Crippen LogP) is 3.93. The van der Waals surface area contributed by atoms with E-state index in [4.69, 9.17) is 10.5 Å². The van der Waals surface area contributed by atoms with Crippen LogP contribution in [0.1, 0.15) is 49.7 Å². The second-order valence-electron chi connectivity index (χ2n) is 7.67. The first-order valence-corrected chi connectivity index (χ1v) is 9.38. The zero-order valence-electron chi connectivity index (χ0n) is 15.1. The molecule has 0 spiro atoms. The number of rotatable bonds is 4. The van der Waals surface area contributed by atoms with Crippen LogP contribution >= 0.6 is 0 Å². The standard InChI is InChI=1S/C20H31FN2O/c1-14-11-16(20(22)19(21)12-14)13-15-7-9-23(10-8-15)17-3-5-18(24-2)6-4-17/h11-12,15,17-18H,3-10,13,22H2,1-2H3. The number of methoxy groups -OCH3 is 1. The molecule has 3 rings (SSSR count). The van der Waals surface area contributed by atoms with Gasteiger partial charge >= 0.3 is 0 Å². The molecule has 1 aromatic rings. The molecule has 134 valence electrons. The zero-order valence-corrected chi connectivity index (χ0v) is 15.1. The van der Waals surface area contributed by atoms with Gasteiger partial charge in [0.2, 0.25) is 0 Å². The van der Waals surface area contributed by atoms with Gasteiger partial charge < -0.3 is 15.4 Å². The topological polar surface area (TPSA) is 38.5 Å². The quantitative estimate of drug-likeness (QED) is 0.848. The Morgan fingerprint density at radius 3 is 2.42 bits per heavy atom. The maximum absolute atomic E-state index is 13.8. The molecule has 1 aliphatic heterocycles. The third-order valence-electron chi connectivity index (χ3n) is 6.01. The van der Waals surface area contributed by atoms with Gasteiger partial charge in [-0.05, 0) is 88.1 Å². The lowest BCUT2D eigenvalue weighted by atomic mass is 9.86. The fraction of sp³-hybridized carbons (Fsp3) is 0.700. The van der Waals surface area contributed by atoms with E-state index in [2.05, 4.69) is 11.0 Å². The lowest BCUT2D eigenvalue weighted by molar-refractivity contribution is 0.0290. The lowest BCUT2D eigenvalue weighted by Gasteiger charge is -2.40. The van der Waals surface area contributed by atoms with Crippen LogP contribution in [0.2, 0.25) is 0 Å². The van der Waals surface area contributed by atoms with Crippen LogP contribution in [0.25, 0.3) is 0 Å². The van der Waals surface area contributed by atoms with Gasteiger partial charge in [0.15, 0.2) is 0 Å². The van der Waals surface area contributed by atoms with Crippen molar-refractivity contribution >= 4 is 5.69 Å². The summed E-state index contributed by atoms with van der Waals surface area (Å²) in [5.41, 5.74) is 8.24. The van der Waals surface area contributed by atoms with Gasteiger partial charge in [0.25, 0.3) is 0 Å². The average molecular weight is 334 g/mol. The summed E-state index contributed by atoms with van der Waals surface area (Å²) >= 11 is 0. The highest BCUT2D eigenvalue weighted by atomic mass is 19.1. The molecule has 0 amide bonds. The van der Waals surface area contributed by atoms with Gasteiger partial charge in [-0.1, -0.05) is 6.07 Å². The molecular weight excluding hydrogens is 303 g/mol. The Morgan fingerprint density at radius 2 is 1.79 bits per heavy atom. The normalized spacial score (nSPS) is 26.6. The van der Waals surface area contributed by atoms with Gasteiger partial charge in [0.1, 0.15) is 5.82 Å². The summed E-state index contributed by atoms with van der Waals surface area (Å²) in [6.45, 7) is 4.27. The number of nitrogen functional groups attached to an aromatic ring is 1. The highest BCUT2D eigenvalue weighted by Crippen LogP contribution is 2.31. The second-order valence-corrected chi connectivity index (χ2v) is 7.67. The number of ether oxygens (including phenoxy) is 1. The van der Waals surface area contributed by atoms with Crippen molar-refractivity contribution < 1.29 is 9.13 Å². The number of hydrogen-bond donors (Lipinski definition) is 1. The molecule has 0 aromatic heterocycles. The van der Waals surface area contributed by atoms with E-state index in [1.807, 2.05) is 14.0 Å². The lowest BCUT2D eigenvalue weighted by Crippen LogP contribution is -2.44. The smallest absolute Gasteiger partial charge is 0.146 e. The van der Waals surface area contributed by atoms with Gasteiger partial charge in [-0.15, -0.1) is 0 Å². The Hall–Kier alpha value is -1.13. The third-order valence-corrected chi connectivity index (χ3v) is 6.01. The van der Waals surface area contributed by atoms with Crippen LogP contribution in [0.5, 0.6) is 0 Å². The molecule has 1 aromatic carbocycles. The molecule has 1 saturated carbocycles. The SMILES string of the molecule is COC1CCC(N2CCC(Cc3cc(C)cc(F)c3N)CC2)CC1. The van der Waals surface area contributed by atoms with Crippen LogP contribution < -0.4 is 5.73 Å². The van der Waals surface area contributed by atoms with Gasteiger partial charge in [-0.3, -0.25) is 0 Å². The minimum absolute atomic E-state index is 0.266. The minimum Gasteiger partial charge on any atom is -0.396 e. The first kappa shape index (κ1) is 17.7. The summed E-state index contributed by atoms with van der Waals surface area (Å²) in [4.78, 5) is 2.67. The van der Waals surface area contributed by atoms with E-state index in [0.29, 0.717) is 17.7 Å². The first-order valence-electron chi connectivity index (χ1n) is 9.38. The van der Waals surface area contributed by atoms with Crippen molar-refractivity contribution in [1.82, 2.24) is 4.90 Å². The summed E-state index contributed by atoms with van der Waals surface area (Å²) < 4.78 is 19.3. The van der Waals surface area contributed by atoms with Gasteiger partial charge in [0.05, 0.1) is 11.8 Å². The van der Waals surface area contributed by atoms with Crippen LogP contribution in [0.4, 0.5) is 10.1 Å². The maximum Gasteiger partial charge on any atom is 0.146 e. The van der Waals surface area contributed by atoms with Crippen LogP contribution in [-0.2, 0) is 11.2 Å².